The molecule has 0 unspecified atom stereocenters. The highest BCUT2D eigenvalue weighted by Crippen LogP contribution is 2.27. The van der Waals surface area contributed by atoms with E-state index >= 15 is 0 Å². The molecule has 1 aromatic carbocycles. The third kappa shape index (κ3) is 2.87. The van der Waals surface area contributed by atoms with E-state index in [9.17, 15) is 14.0 Å². The van der Waals surface area contributed by atoms with Crippen molar-refractivity contribution in [3.8, 4) is 0 Å². The van der Waals surface area contributed by atoms with Crippen LogP contribution in [0.5, 0.6) is 0 Å². The lowest BCUT2D eigenvalue weighted by atomic mass is 10.2. The number of amides is 3. The summed E-state index contributed by atoms with van der Waals surface area (Å²) in [6.07, 6.45) is 0. The molecule has 3 amide bonds. The Hall–Kier alpha value is -2.90. The molecule has 23 heavy (non-hydrogen) atoms. The summed E-state index contributed by atoms with van der Waals surface area (Å²) in [7, 11) is 0. The van der Waals surface area contributed by atoms with Crippen LogP contribution in [0.4, 0.5) is 15.0 Å². The molecule has 0 radical (unpaired) electrons. The number of carbonyl (C=O) groups is 2. The standard InChI is InChI=1S/C15H16FN5O2/c1-2-17-15(23)21-7-10-12(8-21)19-20-13(10)18-14(22)9-5-3-4-6-11(9)16/h3-6H,2,7-8H2,1H3,(H,17,23)(H2,18,19,20,22). The fourth-order valence-corrected chi connectivity index (χ4v) is 2.47. The largest absolute Gasteiger partial charge is 0.338 e. The van der Waals surface area contributed by atoms with E-state index in [1.54, 1.807) is 11.0 Å². The van der Waals surface area contributed by atoms with Crippen molar-refractivity contribution in [2.75, 3.05) is 11.9 Å². The molecule has 8 heteroatoms. The minimum Gasteiger partial charge on any atom is -0.338 e. The van der Waals surface area contributed by atoms with Crippen LogP contribution in [0.1, 0.15) is 28.5 Å². The number of H-pyrrole nitrogens is 1. The van der Waals surface area contributed by atoms with Crippen LogP contribution in [0.3, 0.4) is 0 Å². The number of aromatic amines is 1. The molecule has 2 heterocycles. The average molecular weight is 317 g/mol. The summed E-state index contributed by atoms with van der Waals surface area (Å²) < 4.78 is 13.6. The first-order chi connectivity index (χ1) is 11.1. The Morgan fingerprint density at radius 2 is 2.13 bits per heavy atom. The quantitative estimate of drug-likeness (QED) is 0.807. The normalized spacial score (nSPS) is 12.9. The zero-order valence-corrected chi connectivity index (χ0v) is 12.5. The van der Waals surface area contributed by atoms with Gasteiger partial charge in [0, 0.05) is 12.1 Å². The van der Waals surface area contributed by atoms with Gasteiger partial charge in [-0.25, -0.2) is 9.18 Å². The average Bonchev–Trinajstić information content (AvgIpc) is 3.10. The van der Waals surface area contributed by atoms with Crippen LogP contribution >= 0.6 is 0 Å². The van der Waals surface area contributed by atoms with Crippen LogP contribution in [0, 0.1) is 5.82 Å². The number of aromatic nitrogens is 2. The number of benzene rings is 1. The Labute approximate surface area is 131 Å². The third-order valence-electron chi connectivity index (χ3n) is 3.62. The second-order valence-corrected chi connectivity index (χ2v) is 5.15. The van der Waals surface area contributed by atoms with Gasteiger partial charge in [-0.05, 0) is 19.1 Å². The first kappa shape index (κ1) is 15.0. The molecular weight excluding hydrogens is 301 g/mol. The van der Waals surface area contributed by atoms with E-state index in [0.717, 1.165) is 11.3 Å². The van der Waals surface area contributed by atoms with Crippen LogP contribution in [0.2, 0.25) is 0 Å². The second kappa shape index (κ2) is 6.07. The summed E-state index contributed by atoms with van der Waals surface area (Å²) in [4.78, 5) is 25.6. The number of urea groups is 1. The van der Waals surface area contributed by atoms with Crippen molar-refractivity contribution < 1.29 is 14.0 Å². The SMILES string of the molecule is CCNC(=O)N1Cc2[nH]nc(NC(=O)c3ccccc3F)c2C1. The second-order valence-electron chi connectivity index (χ2n) is 5.15. The Balaban J connectivity index is 1.74. The highest BCUT2D eigenvalue weighted by molar-refractivity contribution is 6.04. The van der Waals surface area contributed by atoms with Gasteiger partial charge >= 0.3 is 6.03 Å². The first-order valence-corrected chi connectivity index (χ1v) is 7.25. The number of carbonyl (C=O) groups excluding carboxylic acids is 2. The fraction of sp³-hybridized carbons (Fsp3) is 0.267. The monoisotopic (exact) mass is 317 g/mol. The molecule has 120 valence electrons. The molecule has 0 atom stereocenters. The van der Waals surface area contributed by atoms with Gasteiger partial charge in [-0.3, -0.25) is 9.89 Å². The molecule has 1 aromatic heterocycles. The van der Waals surface area contributed by atoms with Crippen LogP contribution < -0.4 is 10.6 Å². The number of hydrogen-bond donors (Lipinski definition) is 3. The van der Waals surface area contributed by atoms with Crippen molar-refractivity contribution in [2.24, 2.45) is 0 Å². The molecule has 0 fully saturated rings. The summed E-state index contributed by atoms with van der Waals surface area (Å²) in [5.74, 6) is -0.852. The van der Waals surface area contributed by atoms with Crippen molar-refractivity contribution in [3.63, 3.8) is 0 Å². The Morgan fingerprint density at radius 1 is 1.35 bits per heavy atom. The van der Waals surface area contributed by atoms with Crippen molar-refractivity contribution in [1.82, 2.24) is 20.4 Å². The van der Waals surface area contributed by atoms with E-state index in [-0.39, 0.29) is 11.6 Å². The minimum atomic E-state index is -0.596. The molecule has 0 aliphatic carbocycles. The minimum absolute atomic E-state index is 0.0529. The lowest BCUT2D eigenvalue weighted by Crippen LogP contribution is -2.36. The van der Waals surface area contributed by atoms with Crippen LogP contribution in [-0.4, -0.2) is 33.6 Å². The molecule has 0 saturated heterocycles. The number of nitrogens with one attached hydrogen (secondary N) is 3. The smallest absolute Gasteiger partial charge is 0.318 e. The van der Waals surface area contributed by atoms with Gasteiger partial charge in [0.25, 0.3) is 5.91 Å². The summed E-state index contributed by atoms with van der Waals surface area (Å²) in [5, 5.41) is 12.2. The highest BCUT2D eigenvalue weighted by atomic mass is 19.1. The zero-order valence-electron chi connectivity index (χ0n) is 12.5. The molecule has 1 aliphatic rings. The first-order valence-electron chi connectivity index (χ1n) is 7.25. The van der Waals surface area contributed by atoms with Crippen LogP contribution in [-0.2, 0) is 13.1 Å². The molecule has 0 bridgehead atoms. The number of fused-ring (bicyclic) bond motifs is 1. The molecule has 0 spiro atoms. The van der Waals surface area contributed by atoms with Crippen molar-refractivity contribution in [3.05, 3.63) is 46.9 Å². The number of nitrogens with zero attached hydrogens (tertiary/aromatic N) is 2. The fourth-order valence-electron chi connectivity index (χ4n) is 2.47. The Morgan fingerprint density at radius 3 is 2.87 bits per heavy atom. The molecular formula is C15H16FN5O2. The van der Waals surface area contributed by atoms with Gasteiger partial charge in [0.2, 0.25) is 0 Å². The molecule has 3 N–H and O–H groups in total. The lowest BCUT2D eigenvalue weighted by molar-refractivity contribution is 0.102. The number of rotatable bonds is 3. The van der Waals surface area contributed by atoms with Gasteiger partial charge < -0.3 is 15.5 Å². The summed E-state index contributed by atoms with van der Waals surface area (Å²) in [6, 6.07) is 5.55. The topological polar surface area (TPSA) is 90.1 Å². The Kier molecular flexibility index (Phi) is 3.96. The van der Waals surface area contributed by atoms with Crippen LogP contribution in [0.15, 0.2) is 24.3 Å². The third-order valence-corrected chi connectivity index (χ3v) is 3.62. The van der Waals surface area contributed by atoms with Gasteiger partial charge in [0.05, 0.1) is 24.3 Å². The van der Waals surface area contributed by atoms with Gasteiger partial charge in [-0.15, -0.1) is 0 Å². The predicted molar refractivity (Wildman–Crippen MR) is 81.3 cm³/mol. The Bertz CT molecular complexity index is 758. The molecule has 2 aromatic rings. The van der Waals surface area contributed by atoms with Gasteiger partial charge in [0.1, 0.15) is 5.82 Å². The molecule has 7 nitrogen and oxygen atoms in total. The van der Waals surface area contributed by atoms with E-state index in [1.165, 1.54) is 18.2 Å². The zero-order chi connectivity index (χ0) is 16.4. The maximum Gasteiger partial charge on any atom is 0.318 e. The molecule has 0 saturated carbocycles. The van der Waals surface area contributed by atoms with Gasteiger partial charge in [-0.2, -0.15) is 5.10 Å². The van der Waals surface area contributed by atoms with Gasteiger partial charge in [-0.1, -0.05) is 12.1 Å². The maximum atomic E-state index is 13.6. The number of halogens is 1. The van der Waals surface area contributed by atoms with Crippen molar-refractivity contribution in [1.29, 1.82) is 0 Å². The maximum absolute atomic E-state index is 13.6. The lowest BCUT2D eigenvalue weighted by Gasteiger charge is -2.15. The van der Waals surface area contributed by atoms with Crippen molar-refractivity contribution in [2.45, 2.75) is 20.0 Å². The van der Waals surface area contributed by atoms with E-state index in [1.807, 2.05) is 6.92 Å². The summed E-state index contributed by atoms with van der Waals surface area (Å²) in [5.41, 5.74) is 1.45. The van der Waals surface area contributed by atoms with E-state index in [0.29, 0.717) is 25.5 Å². The summed E-state index contributed by atoms with van der Waals surface area (Å²) in [6.45, 7) is 3.11. The predicted octanol–water partition coefficient (Wildman–Crippen LogP) is 1.85. The summed E-state index contributed by atoms with van der Waals surface area (Å²) >= 11 is 0. The number of anilines is 1. The van der Waals surface area contributed by atoms with Crippen LogP contribution in [0.25, 0.3) is 0 Å². The molecule has 1 aliphatic heterocycles. The van der Waals surface area contributed by atoms with E-state index in [4.69, 9.17) is 0 Å². The van der Waals surface area contributed by atoms with E-state index in [2.05, 4.69) is 20.8 Å². The molecule has 3 rings (SSSR count). The van der Waals surface area contributed by atoms with E-state index < -0.39 is 11.7 Å². The van der Waals surface area contributed by atoms with Gasteiger partial charge in [0.15, 0.2) is 5.82 Å². The van der Waals surface area contributed by atoms with Crippen molar-refractivity contribution >= 4 is 17.8 Å². The highest BCUT2D eigenvalue weighted by Gasteiger charge is 2.28. The number of hydrogen-bond acceptors (Lipinski definition) is 3.